The third-order valence-corrected chi connectivity index (χ3v) is 6.44. The van der Waals surface area contributed by atoms with Crippen LogP contribution in [-0.4, -0.2) is 34.2 Å². The van der Waals surface area contributed by atoms with E-state index in [-0.39, 0.29) is 33.8 Å². The van der Waals surface area contributed by atoms with Crippen LogP contribution in [-0.2, 0) is 0 Å². The predicted molar refractivity (Wildman–Crippen MR) is 150 cm³/mol. The van der Waals surface area contributed by atoms with Crippen LogP contribution in [0.5, 0.6) is 23.1 Å². The Kier molecular flexibility index (Phi) is 6.60. The average molecular weight is 554 g/mol. The molecule has 3 aromatic carbocycles. The molecule has 0 atom stereocenters. The highest BCUT2D eigenvalue weighted by molar-refractivity contribution is 5.93. The molecule has 2 N–H and O–H groups in total. The maximum Gasteiger partial charge on any atom is 0.230 e. The summed E-state index contributed by atoms with van der Waals surface area (Å²) in [6, 6.07) is 14.9. The molecule has 0 spiro atoms. The minimum Gasteiger partial charge on any atom is -0.493 e. The number of fused-ring (bicyclic) bond motifs is 2. The lowest BCUT2D eigenvalue weighted by Gasteiger charge is -2.13. The zero-order valence-electron chi connectivity index (χ0n) is 21.7. The maximum atomic E-state index is 15.2. The van der Waals surface area contributed by atoms with E-state index in [0.717, 1.165) is 0 Å². The Morgan fingerprint density at radius 1 is 0.878 bits per heavy atom. The second-order valence-corrected chi connectivity index (χ2v) is 8.90. The smallest absolute Gasteiger partial charge is 0.230 e. The highest BCUT2D eigenvalue weighted by Crippen LogP contribution is 2.36. The molecule has 0 radical (unpaired) electrons. The summed E-state index contributed by atoms with van der Waals surface area (Å²) in [6.07, 6.45) is 4.34. The van der Waals surface area contributed by atoms with Gasteiger partial charge in [-0.3, -0.25) is 4.79 Å². The highest BCUT2D eigenvalue weighted by Gasteiger charge is 2.16. The van der Waals surface area contributed by atoms with Crippen molar-refractivity contribution in [3.05, 3.63) is 101 Å². The molecule has 11 heteroatoms. The lowest BCUT2D eigenvalue weighted by molar-refractivity contribution is 0.355. The molecule has 0 unspecified atom stereocenters. The number of benzene rings is 3. The van der Waals surface area contributed by atoms with Crippen molar-refractivity contribution in [3.63, 3.8) is 0 Å². The van der Waals surface area contributed by atoms with E-state index in [1.54, 1.807) is 30.3 Å². The monoisotopic (exact) mass is 553 g/mol. The van der Waals surface area contributed by atoms with Crippen LogP contribution in [0.15, 0.2) is 84.2 Å². The predicted octanol–water partition coefficient (Wildman–Crippen LogP) is 6.36. The van der Waals surface area contributed by atoms with Gasteiger partial charge in [0.1, 0.15) is 18.0 Å². The van der Waals surface area contributed by atoms with E-state index in [9.17, 15) is 9.18 Å². The molecule has 6 rings (SSSR count). The molecule has 0 aliphatic carbocycles. The average Bonchev–Trinajstić information content (AvgIpc) is 2.98. The fraction of sp³-hybridized carbons (Fsp3) is 0.0667. The minimum atomic E-state index is -0.683. The van der Waals surface area contributed by atoms with Crippen LogP contribution in [0.25, 0.3) is 32.9 Å². The SMILES string of the molecule is COc1cc2ncnc(Oc3ccc(Nc4nccc5[nH]cc(-c6cccc(F)c6)c(=O)c45)cc3F)c2cc1OC. The van der Waals surface area contributed by atoms with Crippen LogP contribution in [0.1, 0.15) is 0 Å². The van der Waals surface area contributed by atoms with Gasteiger partial charge in [-0.25, -0.2) is 23.7 Å². The van der Waals surface area contributed by atoms with Gasteiger partial charge in [0.15, 0.2) is 23.1 Å². The van der Waals surface area contributed by atoms with E-state index in [2.05, 4.69) is 25.3 Å². The topological polar surface area (TPSA) is 111 Å². The Bertz CT molecular complexity index is 2000. The first kappa shape index (κ1) is 25.7. The summed E-state index contributed by atoms with van der Waals surface area (Å²) >= 11 is 0. The molecule has 0 fully saturated rings. The van der Waals surface area contributed by atoms with Gasteiger partial charge in [0.25, 0.3) is 0 Å². The van der Waals surface area contributed by atoms with Crippen LogP contribution in [0, 0.1) is 11.6 Å². The fourth-order valence-electron chi connectivity index (χ4n) is 4.47. The molecule has 0 saturated carbocycles. The number of aromatic amines is 1. The lowest BCUT2D eigenvalue weighted by Crippen LogP contribution is -2.10. The van der Waals surface area contributed by atoms with Crippen LogP contribution < -0.4 is 25.0 Å². The van der Waals surface area contributed by atoms with Gasteiger partial charge in [-0.2, -0.15) is 0 Å². The Morgan fingerprint density at radius 3 is 2.49 bits per heavy atom. The number of pyridine rings is 2. The largest absolute Gasteiger partial charge is 0.493 e. The molecule has 6 aromatic rings. The number of ether oxygens (including phenoxy) is 3. The van der Waals surface area contributed by atoms with Crippen molar-refractivity contribution >= 4 is 33.3 Å². The third kappa shape index (κ3) is 4.84. The van der Waals surface area contributed by atoms with Gasteiger partial charge in [-0.05, 0) is 42.0 Å². The molecule has 41 heavy (non-hydrogen) atoms. The van der Waals surface area contributed by atoms with E-state index in [4.69, 9.17) is 14.2 Å². The van der Waals surface area contributed by atoms with Crippen LogP contribution in [0.2, 0.25) is 0 Å². The number of nitrogens with one attached hydrogen (secondary N) is 2. The van der Waals surface area contributed by atoms with E-state index >= 15 is 4.39 Å². The van der Waals surface area contributed by atoms with Gasteiger partial charge in [-0.1, -0.05) is 12.1 Å². The van der Waals surface area contributed by atoms with Crippen molar-refractivity contribution < 1.29 is 23.0 Å². The van der Waals surface area contributed by atoms with Crippen LogP contribution in [0.4, 0.5) is 20.3 Å². The number of aromatic nitrogens is 4. The Labute approximate surface area is 231 Å². The molecule has 0 aliphatic rings. The highest BCUT2D eigenvalue weighted by atomic mass is 19.1. The summed E-state index contributed by atoms with van der Waals surface area (Å²) in [6.45, 7) is 0. The summed E-state index contributed by atoms with van der Waals surface area (Å²) in [5.41, 5.74) is 1.69. The summed E-state index contributed by atoms with van der Waals surface area (Å²) < 4.78 is 45.5. The Morgan fingerprint density at radius 2 is 1.71 bits per heavy atom. The van der Waals surface area contributed by atoms with Gasteiger partial charge in [-0.15, -0.1) is 0 Å². The van der Waals surface area contributed by atoms with E-state index in [1.165, 1.54) is 63.3 Å². The number of rotatable bonds is 7. The van der Waals surface area contributed by atoms with E-state index < -0.39 is 11.6 Å². The van der Waals surface area contributed by atoms with Crippen molar-refractivity contribution in [2.45, 2.75) is 0 Å². The minimum absolute atomic E-state index is 0.0811. The van der Waals surface area contributed by atoms with Crippen LogP contribution >= 0.6 is 0 Å². The molecule has 204 valence electrons. The number of nitrogens with zero attached hydrogens (tertiary/aromatic N) is 3. The van der Waals surface area contributed by atoms with Gasteiger partial charge in [0, 0.05) is 35.8 Å². The van der Waals surface area contributed by atoms with E-state index in [1.807, 2.05) is 0 Å². The molecular formula is C30H21F2N5O4. The summed E-state index contributed by atoms with van der Waals surface area (Å²) in [5, 5.41) is 3.75. The second kappa shape index (κ2) is 10.5. The molecule has 3 heterocycles. The molecule has 9 nitrogen and oxygen atoms in total. The van der Waals surface area contributed by atoms with Gasteiger partial charge < -0.3 is 24.5 Å². The quantitative estimate of drug-likeness (QED) is 0.235. The van der Waals surface area contributed by atoms with Gasteiger partial charge in [0.05, 0.1) is 36.0 Å². The Hall–Kier alpha value is -5.58. The second-order valence-electron chi connectivity index (χ2n) is 8.90. The zero-order valence-corrected chi connectivity index (χ0v) is 21.7. The fourth-order valence-corrected chi connectivity index (χ4v) is 4.47. The first-order chi connectivity index (χ1) is 19.9. The van der Waals surface area contributed by atoms with E-state index in [0.29, 0.717) is 39.2 Å². The third-order valence-electron chi connectivity index (χ3n) is 6.44. The number of H-pyrrole nitrogens is 1. The zero-order chi connectivity index (χ0) is 28.5. The summed E-state index contributed by atoms with van der Waals surface area (Å²) in [5.74, 6) is 0.0334. The van der Waals surface area contributed by atoms with Crippen molar-refractivity contribution in [2.24, 2.45) is 0 Å². The van der Waals surface area contributed by atoms with Crippen LogP contribution in [0.3, 0.4) is 0 Å². The molecule has 0 aliphatic heterocycles. The van der Waals surface area contributed by atoms with Gasteiger partial charge in [0.2, 0.25) is 11.3 Å². The summed E-state index contributed by atoms with van der Waals surface area (Å²) in [7, 11) is 3.01. The van der Waals surface area contributed by atoms with Crippen molar-refractivity contribution in [3.8, 4) is 34.3 Å². The summed E-state index contributed by atoms with van der Waals surface area (Å²) in [4.78, 5) is 29.2. The van der Waals surface area contributed by atoms with Gasteiger partial charge >= 0.3 is 0 Å². The first-order valence-electron chi connectivity index (χ1n) is 12.3. The Balaban J connectivity index is 1.33. The lowest BCUT2D eigenvalue weighted by atomic mass is 10.0. The standard InChI is InChI=1S/C30H21F2N5O4/c1-39-25-12-19-23(13-26(25)40-2)35-15-36-30(19)41-24-7-6-18(11-21(24)32)37-29-27-22(8-9-33-29)34-14-20(28(27)38)16-4-3-5-17(31)10-16/h3-15H,1-2H3,(H,33,37)(H,34,38). The maximum absolute atomic E-state index is 15.2. The molecule has 0 amide bonds. The van der Waals surface area contributed by atoms with Crippen molar-refractivity contribution in [2.75, 3.05) is 19.5 Å². The van der Waals surface area contributed by atoms with Crippen molar-refractivity contribution in [1.82, 2.24) is 19.9 Å². The number of halogens is 2. The van der Waals surface area contributed by atoms with Crippen molar-refractivity contribution in [1.29, 1.82) is 0 Å². The number of hydrogen-bond donors (Lipinski definition) is 2. The number of methoxy groups -OCH3 is 2. The molecule has 0 bridgehead atoms. The molecule has 3 aromatic heterocycles. The number of anilines is 2. The normalized spacial score (nSPS) is 11.0. The number of hydrogen-bond acceptors (Lipinski definition) is 8. The molecular weight excluding hydrogens is 532 g/mol. The first-order valence-corrected chi connectivity index (χ1v) is 12.3. The molecule has 0 saturated heterocycles.